The van der Waals surface area contributed by atoms with Crippen molar-refractivity contribution >= 4 is 16.5 Å². The van der Waals surface area contributed by atoms with E-state index in [1.165, 1.54) is 71.8 Å². The second kappa shape index (κ2) is 12.4. The summed E-state index contributed by atoms with van der Waals surface area (Å²) in [7, 11) is 0. The summed E-state index contributed by atoms with van der Waals surface area (Å²) in [4.78, 5) is 3.76. The molecule has 0 saturated carbocycles. The quantitative estimate of drug-likeness (QED) is 0.234. The van der Waals surface area contributed by atoms with Crippen molar-refractivity contribution in [1.29, 1.82) is 0 Å². The first-order valence-electron chi connectivity index (χ1n) is 12.5. The molecule has 0 aliphatic carbocycles. The topological polar surface area (TPSA) is 15.8 Å². The molecule has 1 heteroatoms. The fraction of sp³-hybridized carbons (Fsp3) is 0.419. The molecule has 0 aliphatic heterocycles. The van der Waals surface area contributed by atoms with E-state index in [0.29, 0.717) is 0 Å². The number of aryl methyl sites for hydroxylation is 3. The lowest BCUT2D eigenvalue weighted by molar-refractivity contribution is 0.709. The van der Waals surface area contributed by atoms with Gasteiger partial charge in [0.05, 0.1) is 5.52 Å². The molecule has 0 spiro atoms. The van der Waals surface area contributed by atoms with Gasteiger partial charge in [-0.1, -0.05) is 88.3 Å². The maximum Gasteiger partial charge on any atom is 0.0621 e. The van der Waals surface area contributed by atoms with Gasteiger partial charge in [0.1, 0.15) is 0 Å². The lowest BCUT2D eigenvalue weighted by Crippen LogP contribution is -1.93. The average molecular weight is 426 g/mol. The molecule has 0 radical (unpaired) electrons. The van der Waals surface area contributed by atoms with Gasteiger partial charge in [0, 0.05) is 28.6 Å². The summed E-state index contributed by atoms with van der Waals surface area (Å²) in [6.45, 7) is 11.0. The smallest absolute Gasteiger partial charge is 0.0621 e. The molecule has 1 aromatic heterocycles. The Morgan fingerprint density at radius 2 is 1.59 bits per heavy atom. The first-order chi connectivity index (χ1) is 15.6. The maximum atomic E-state index is 4.33. The van der Waals surface area contributed by atoms with Crippen LogP contribution in [0.5, 0.6) is 0 Å². The fourth-order valence-corrected chi connectivity index (χ4v) is 4.43. The van der Waals surface area contributed by atoms with Crippen LogP contribution in [-0.4, -0.2) is 4.98 Å². The SMILES string of the molecule is C=C(C)c1c(CCCCC)[nH]c2c(C#CCCCCC)cc(CCc3ccccc3)cc12. The van der Waals surface area contributed by atoms with Crippen molar-refractivity contribution in [2.75, 3.05) is 0 Å². The van der Waals surface area contributed by atoms with Crippen molar-refractivity contribution in [3.8, 4) is 11.8 Å². The Kier molecular flexibility index (Phi) is 9.24. The number of allylic oxidation sites excluding steroid dienone is 1. The molecule has 0 saturated heterocycles. The van der Waals surface area contributed by atoms with Gasteiger partial charge in [0.2, 0.25) is 0 Å². The van der Waals surface area contributed by atoms with Crippen LogP contribution in [0.4, 0.5) is 0 Å². The van der Waals surface area contributed by atoms with Crippen molar-refractivity contribution in [3.63, 3.8) is 0 Å². The minimum absolute atomic E-state index is 0.973. The van der Waals surface area contributed by atoms with Crippen LogP contribution in [0.25, 0.3) is 16.5 Å². The number of aromatic amines is 1. The fourth-order valence-electron chi connectivity index (χ4n) is 4.43. The van der Waals surface area contributed by atoms with E-state index in [-0.39, 0.29) is 0 Å². The van der Waals surface area contributed by atoms with Crippen molar-refractivity contribution in [3.05, 3.63) is 77.0 Å². The number of rotatable bonds is 11. The van der Waals surface area contributed by atoms with Gasteiger partial charge in [0.15, 0.2) is 0 Å². The normalized spacial score (nSPS) is 10.8. The van der Waals surface area contributed by atoms with Gasteiger partial charge in [-0.2, -0.15) is 0 Å². The lowest BCUT2D eigenvalue weighted by Gasteiger charge is -2.07. The van der Waals surface area contributed by atoms with E-state index in [2.05, 4.69) is 86.6 Å². The Morgan fingerprint density at radius 1 is 0.875 bits per heavy atom. The highest BCUT2D eigenvalue weighted by molar-refractivity contribution is 5.97. The van der Waals surface area contributed by atoms with Gasteiger partial charge in [-0.25, -0.2) is 0 Å². The number of H-pyrrole nitrogens is 1. The second-order valence-electron chi connectivity index (χ2n) is 9.03. The Bertz CT molecular complexity index is 1070. The third kappa shape index (κ3) is 6.39. The zero-order chi connectivity index (χ0) is 22.8. The molecule has 1 heterocycles. The summed E-state index contributed by atoms with van der Waals surface area (Å²) in [5.74, 6) is 6.97. The van der Waals surface area contributed by atoms with E-state index in [4.69, 9.17) is 0 Å². The van der Waals surface area contributed by atoms with Crippen LogP contribution in [0.1, 0.15) is 93.7 Å². The summed E-state index contributed by atoms with van der Waals surface area (Å²) in [6, 6.07) is 15.5. The average Bonchev–Trinajstić information content (AvgIpc) is 3.17. The Labute approximate surface area is 195 Å². The molecular formula is C31H39N. The van der Waals surface area contributed by atoms with Crippen molar-refractivity contribution < 1.29 is 0 Å². The highest BCUT2D eigenvalue weighted by Gasteiger charge is 2.15. The van der Waals surface area contributed by atoms with Crippen LogP contribution in [0, 0.1) is 11.8 Å². The highest BCUT2D eigenvalue weighted by Crippen LogP contribution is 2.32. The van der Waals surface area contributed by atoms with Crippen LogP contribution in [0.3, 0.4) is 0 Å². The Balaban J connectivity index is 1.99. The molecule has 3 aromatic rings. The Morgan fingerprint density at radius 3 is 2.31 bits per heavy atom. The minimum Gasteiger partial charge on any atom is -0.357 e. The van der Waals surface area contributed by atoms with E-state index in [9.17, 15) is 0 Å². The van der Waals surface area contributed by atoms with E-state index in [1.807, 2.05) is 0 Å². The van der Waals surface area contributed by atoms with Crippen molar-refractivity contribution in [2.45, 2.75) is 85.0 Å². The first-order valence-corrected chi connectivity index (χ1v) is 12.5. The zero-order valence-corrected chi connectivity index (χ0v) is 20.3. The third-order valence-electron chi connectivity index (χ3n) is 6.18. The van der Waals surface area contributed by atoms with Crippen molar-refractivity contribution in [1.82, 2.24) is 4.98 Å². The van der Waals surface area contributed by atoms with Crippen molar-refractivity contribution in [2.24, 2.45) is 0 Å². The lowest BCUT2D eigenvalue weighted by atomic mass is 9.96. The van der Waals surface area contributed by atoms with Gasteiger partial charge >= 0.3 is 0 Å². The summed E-state index contributed by atoms with van der Waals surface area (Å²) in [5.41, 5.74) is 8.87. The van der Waals surface area contributed by atoms with Crippen LogP contribution >= 0.6 is 0 Å². The van der Waals surface area contributed by atoms with E-state index >= 15 is 0 Å². The Hall–Kier alpha value is -2.72. The zero-order valence-electron chi connectivity index (χ0n) is 20.3. The second-order valence-corrected chi connectivity index (χ2v) is 9.03. The predicted octanol–water partition coefficient (Wildman–Crippen LogP) is 8.65. The van der Waals surface area contributed by atoms with E-state index in [1.54, 1.807) is 0 Å². The van der Waals surface area contributed by atoms with Gasteiger partial charge in [-0.3, -0.25) is 0 Å². The molecule has 1 nitrogen and oxygen atoms in total. The number of fused-ring (bicyclic) bond motifs is 1. The van der Waals surface area contributed by atoms with E-state index < -0.39 is 0 Å². The van der Waals surface area contributed by atoms with Crippen LogP contribution in [0.15, 0.2) is 49.0 Å². The molecule has 1 N–H and O–H groups in total. The molecule has 0 fully saturated rings. The molecular weight excluding hydrogens is 386 g/mol. The molecule has 0 atom stereocenters. The van der Waals surface area contributed by atoms with E-state index in [0.717, 1.165) is 36.8 Å². The standard InChI is InChI=1S/C31H39N/c1-5-7-9-10-15-18-27-22-26(21-20-25-16-13-11-14-17-25)23-28-30(24(3)4)29(32-31(27)28)19-12-8-6-2/h11,13-14,16-17,22-23,32H,3,5-10,12,19-21H2,1-2,4H3. The maximum absolute atomic E-state index is 4.33. The highest BCUT2D eigenvalue weighted by atomic mass is 14.7. The first kappa shape index (κ1) is 23.9. The van der Waals surface area contributed by atoms with Gasteiger partial charge in [-0.15, -0.1) is 0 Å². The number of unbranched alkanes of at least 4 members (excludes halogenated alkanes) is 5. The predicted molar refractivity (Wildman–Crippen MR) is 141 cm³/mol. The van der Waals surface area contributed by atoms with Crippen LogP contribution < -0.4 is 0 Å². The summed E-state index contributed by atoms with van der Waals surface area (Å²) in [5, 5.41) is 1.30. The van der Waals surface area contributed by atoms with Gasteiger partial charge in [-0.05, 0) is 67.9 Å². The molecule has 32 heavy (non-hydrogen) atoms. The summed E-state index contributed by atoms with van der Waals surface area (Å²) >= 11 is 0. The van der Waals surface area contributed by atoms with Crippen LogP contribution in [-0.2, 0) is 19.3 Å². The molecule has 168 valence electrons. The number of hydrogen-bond acceptors (Lipinski definition) is 0. The molecule has 0 amide bonds. The molecule has 3 rings (SSSR count). The monoisotopic (exact) mass is 425 g/mol. The molecule has 2 aromatic carbocycles. The summed E-state index contributed by atoms with van der Waals surface area (Å²) in [6.07, 6.45) is 11.5. The summed E-state index contributed by atoms with van der Waals surface area (Å²) < 4.78 is 0. The molecule has 0 aliphatic rings. The minimum atomic E-state index is 0.973. The number of hydrogen-bond donors (Lipinski definition) is 1. The number of benzene rings is 2. The van der Waals surface area contributed by atoms with Crippen LogP contribution in [0.2, 0.25) is 0 Å². The number of aromatic nitrogens is 1. The third-order valence-corrected chi connectivity index (χ3v) is 6.18. The van der Waals surface area contributed by atoms with Gasteiger partial charge in [0.25, 0.3) is 0 Å². The molecule has 0 unspecified atom stereocenters. The van der Waals surface area contributed by atoms with Gasteiger partial charge < -0.3 is 4.98 Å². The number of nitrogens with one attached hydrogen (secondary N) is 1. The largest absolute Gasteiger partial charge is 0.357 e. The molecule has 0 bridgehead atoms.